The van der Waals surface area contributed by atoms with E-state index in [1.807, 2.05) is 48.5 Å². The van der Waals surface area contributed by atoms with Gasteiger partial charge in [-0.3, -0.25) is 19.3 Å². The first-order valence-corrected chi connectivity index (χ1v) is 15.5. The highest BCUT2D eigenvalue weighted by Gasteiger charge is 2.49. The maximum atomic E-state index is 14.2. The molecular weight excluding hydrogens is 636 g/mol. The highest BCUT2D eigenvalue weighted by Crippen LogP contribution is 2.46. The lowest BCUT2D eigenvalue weighted by Gasteiger charge is -2.26. The minimum Gasteiger partial charge on any atom is -0.459 e. The number of hydrogen-bond donors (Lipinski definition) is 0. The maximum absolute atomic E-state index is 14.2. The molecule has 2 amide bonds. The highest BCUT2D eigenvalue weighted by molar-refractivity contribution is 9.10. The number of carbonyl (C=O) groups is 3. The number of hydrogen-bond acceptors (Lipinski definition) is 4. The summed E-state index contributed by atoms with van der Waals surface area (Å²) in [6, 6.07) is 15.1. The fourth-order valence-electron chi connectivity index (χ4n) is 5.13. The van der Waals surface area contributed by atoms with E-state index in [1.54, 1.807) is 25.7 Å². The van der Waals surface area contributed by atoms with Crippen molar-refractivity contribution in [2.45, 2.75) is 71.8 Å². The Morgan fingerprint density at radius 2 is 1.18 bits per heavy atom. The van der Waals surface area contributed by atoms with Gasteiger partial charge in [0.1, 0.15) is 12.1 Å². The summed E-state index contributed by atoms with van der Waals surface area (Å²) in [5.41, 5.74) is 2.52. The van der Waals surface area contributed by atoms with E-state index in [4.69, 9.17) is 4.74 Å². The first-order chi connectivity index (χ1) is 19.0. The number of benzene rings is 2. The van der Waals surface area contributed by atoms with Crippen LogP contribution in [0.2, 0.25) is 0 Å². The van der Waals surface area contributed by atoms with Crippen molar-refractivity contribution in [3.8, 4) is 0 Å². The number of unbranched alkanes of at least 4 members (excludes halogenated alkanes) is 5. The number of nitrogens with zero attached hydrogens (tertiary/aromatic N) is 2. The van der Waals surface area contributed by atoms with E-state index in [0.29, 0.717) is 34.6 Å². The topological polar surface area (TPSA) is 66.9 Å². The van der Waals surface area contributed by atoms with E-state index in [0.717, 1.165) is 33.8 Å². The molecule has 0 bridgehead atoms. The molecule has 40 heavy (non-hydrogen) atoms. The predicted octanol–water partition coefficient (Wildman–Crippen LogP) is 7.72. The van der Waals surface area contributed by atoms with Crippen molar-refractivity contribution in [1.82, 2.24) is 9.80 Å². The van der Waals surface area contributed by atoms with Gasteiger partial charge in [-0.25, -0.2) is 0 Å². The van der Waals surface area contributed by atoms with Crippen molar-refractivity contribution in [1.29, 1.82) is 0 Å². The van der Waals surface area contributed by atoms with Crippen molar-refractivity contribution in [2.24, 2.45) is 0 Å². The van der Waals surface area contributed by atoms with Crippen molar-refractivity contribution < 1.29 is 19.1 Å². The van der Waals surface area contributed by atoms with Crippen LogP contribution in [0.4, 0.5) is 0 Å². The van der Waals surface area contributed by atoms with Gasteiger partial charge in [-0.15, -0.1) is 0 Å². The Bertz CT molecular complexity index is 1340. The molecule has 2 aliphatic rings. The fourth-order valence-corrected chi connectivity index (χ4v) is 5.66. The number of rotatable bonds is 11. The summed E-state index contributed by atoms with van der Waals surface area (Å²) in [5.74, 6) is -1.10. The summed E-state index contributed by atoms with van der Waals surface area (Å²) in [5, 5.41) is 0. The second kappa shape index (κ2) is 12.9. The van der Waals surface area contributed by atoms with Crippen LogP contribution in [0.15, 0.2) is 68.6 Å². The second-order valence-corrected chi connectivity index (χ2v) is 13.0. The SMILES string of the molecule is CCCCCCCCN1C(=O)C2=C(c3ccc(Br)cc3)N(CC(=O)OC(C)(C)C)C(=O)C2=C1c1ccc(Br)cc1. The number of fused-ring (bicyclic) bond motifs is 1. The lowest BCUT2D eigenvalue weighted by molar-refractivity contribution is -0.156. The third-order valence-electron chi connectivity index (χ3n) is 6.86. The molecule has 4 rings (SSSR count). The van der Waals surface area contributed by atoms with E-state index in [2.05, 4.69) is 38.8 Å². The Hall–Kier alpha value is -2.71. The van der Waals surface area contributed by atoms with Crippen LogP contribution in [-0.2, 0) is 19.1 Å². The normalized spacial score (nSPS) is 15.4. The molecule has 8 heteroatoms. The summed E-state index contributed by atoms with van der Waals surface area (Å²) in [6.45, 7) is 7.80. The van der Waals surface area contributed by atoms with Crippen LogP contribution in [0, 0.1) is 0 Å². The van der Waals surface area contributed by atoms with Crippen LogP contribution < -0.4 is 0 Å². The Morgan fingerprint density at radius 3 is 1.68 bits per heavy atom. The number of esters is 1. The van der Waals surface area contributed by atoms with Gasteiger partial charge in [0, 0.05) is 15.5 Å². The third-order valence-corrected chi connectivity index (χ3v) is 7.92. The van der Waals surface area contributed by atoms with Crippen LogP contribution in [-0.4, -0.2) is 46.3 Å². The molecule has 2 aromatic rings. The quantitative estimate of drug-likeness (QED) is 0.181. The average Bonchev–Trinajstić information content (AvgIpc) is 3.32. The first-order valence-electron chi connectivity index (χ1n) is 13.9. The summed E-state index contributed by atoms with van der Waals surface area (Å²) >= 11 is 6.96. The van der Waals surface area contributed by atoms with Crippen LogP contribution >= 0.6 is 31.9 Å². The number of ether oxygens (including phenoxy) is 1. The van der Waals surface area contributed by atoms with Crippen molar-refractivity contribution >= 4 is 61.0 Å². The molecule has 0 saturated carbocycles. The average molecular weight is 672 g/mol. The van der Waals surface area contributed by atoms with Gasteiger partial charge in [0.05, 0.1) is 22.5 Å². The van der Waals surface area contributed by atoms with Crippen molar-refractivity contribution in [3.05, 3.63) is 79.7 Å². The molecule has 2 heterocycles. The standard InChI is InChI=1S/C32H36Br2N2O4/c1-5-6-7-8-9-10-19-35-28(21-11-15-23(33)16-12-21)26-27(30(35)38)29(22-13-17-24(34)18-14-22)36(31(26)39)20-25(37)40-32(2,3)4/h11-18H,5-10,19-20H2,1-4H3. The molecule has 6 nitrogen and oxygen atoms in total. The highest BCUT2D eigenvalue weighted by atomic mass is 79.9. The molecule has 0 aromatic heterocycles. The zero-order valence-electron chi connectivity index (χ0n) is 23.6. The van der Waals surface area contributed by atoms with E-state index in [9.17, 15) is 14.4 Å². The predicted molar refractivity (Wildman–Crippen MR) is 165 cm³/mol. The van der Waals surface area contributed by atoms with Crippen LogP contribution in [0.5, 0.6) is 0 Å². The lowest BCUT2D eigenvalue weighted by Crippen LogP contribution is -2.36. The monoisotopic (exact) mass is 670 g/mol. The van der Waals surface area contributed by atoms with Crippen LogP contribution in [0.3, 0.4) is 0 Å². The van der Waals surface area contributed by atoms with Gasteiger partial charge in [0.2, 0.25) is 0 Å². The minimum absolute atomic E-state index is 0.209. The number of carbonyl (C=O) groups excluding carboxylic acids is 3. The van der Waals surface area contributed by atoms with Gasteiger partial charge < -0.3 is 9.64 Å². The van der Waals surface area contributed by atoms with Crippen molar-refractivity contribution in [3.63, 3.8) is 0 Å². The van der Waals surface area contributed by atoms with Gasteiger partial charge in [0.15, 0.2) is 0 Å². The summed E-state index contributed by atoms with van der Waals surface area (Å²) in [7, 11) is 0. The zero-order chi connectivity index (χ0) is 29.0. The largest absolute Gasteiger partial charge is 0.459 e. The molecule has 0 fully saturated rings. The van der Waals surface area contributed by atoms with Gasteiger partial charge in [0.25, 0.3) is 11.8 Å². The van der Waals surface area contributed by atoms with Gasteiger partial charge in [-0.2, -0.15) is 0 Å². The van der Waals surface area contributed by atoms with E-state index < -0.39 is 11.6 Å². The van der Waals surface area contributed by atoms with Gasteiger partial charge >= 0.3 is 5.97 Å². The molecule has 0 atom stereocenters. The van der Waals surface area contributed by atoms with E-state index in [-0.39, 0.29) is 18.4 Å². The summed E-state index contributed by atoms with van der Waals surface area (Å²) in [4.78, 5) is 44.4. The molecule has 2 aromatic carbocycles. The summed E-state index contributed by atoms with van der Waals surface area (Å²) < 4.78 is 7.34. The van der Waals surface area contributed by atoms with Crippen LogP contribution in [0.1, 0.15) is 77.3 Å². The maximum Gasteiger partial charge on any atom is 0.326 e. The van der Waals surface area contributed by atoms with Crippen LogP contribution in [0.25, 0.3) is 11.4 Å². The molecule has 2 aliphatic heterocycles. The summed E-state index contributed by atoms with van der Waals surface area (Å²) in [6.07, 6.45) is 6.56. The molecule has 0 radical (unpaired) electrons. The van der Waals surface area contributed by atoms with E-state index in [1.165, 1.54) is 24.2 Å². The fraction of sp³-hybridized carbons (Fsp3) is 0.406. The Kier molecular flexibility index (Phi) is 9.72. The number of amides is 2. The number of halogens is 2. The first kappa shape index (κ1) is 30.3. The van der Waals surface area contributed by atoms with E-state index >= 15 is 0 Å². The zero-order valence-corrected chi connectivity index (χ0v) is 26.7. The molecule has 212 valence electrons. The Labute approximate surface area is 253 Å². The third kappa shape index (κ3) is 6.77. The molecule has 0 unspecified atom stereocenters. The van der Waals surface area contributed by atoms with Gasteiger partial charge in [-0.1, -0.05) is 95.2 Å². The molecule has 0 saturated heterocycles. The minimum atomic E-state index is -0.702. The Balaban J connectivity index is 1.80. The molecular formula is C32H36Br2N2O4. The molecule has 0 N–H and O–H groups in total. The smallest absolute Gasteiger partial charge is 0.326 e. The lowest BCUT2D eigenvalue weighted by atomic mass is 10.0. The molecule has 0 aliphatic carbocycles. The van der Waals surface area contributed by atoms with Crippen molar-refractivity contribution in [2.75, 3.05) is 13.1 Å². The second-order valence-electron chi connectivity index (χ2n) is 11.2. The Morgan fingerprint density at radius 1 is 0.725 bits per heavy atom. The van der Waals surface area contributed by atoms with Gasteiger partial charge in [-0.05, 0) is 62.6 Å². The molecule has 0 spiro atoms.